The molecule has 0 spiro atoms. The number of carbonyl (C=O) groups is 1. The molecule has 2 aromatic carbocycles. The van der Waals surface area contributed by atoms with Gasteiger partial charge in [-0.3, -0.25) is 4.79 Å². The number of hydrogen-bond acceptors (Lipinski definition) is 5. The highest BCUT2D eigenvalue weighted by Gasteiger charge is 2.30. The number of carbonyl (C=O) groups excluding carboxylic acids is 1. The third-order valence-corrected chi connectivity index (χ3v) is 6.30. The second kappa shape index (κ2) is 8.52. The number of benzene rings is 2. The van der Waals surface area contributed by atoms with Gasteiger partial charge in [0.1, 0.15) is 0 Å². The zero-order valence-electron chi connectivity index (χ0n) is 15.3. The van der Waals surface area contributed by atoms with Crippen LogP contribution in [0.3, 0.4) is 0 Å². The van der Waals surface area contributed by atoms with E-state index in [2.05, 4.69) is 5.32 Å². The van der Waals surface area contributed by atoms with Crippen LogP contribution in [0.2, 0.25) is 0 Å². The van der Waals surface area contributed by atoms with E-state index in [0.29, 0.717) is 13.2 Å². The van der Waals surface area contributed by atoms with Crippen molar-refractivity contribution in [2.75, 3.05) is 38.2 Å². The van der Waals surface area contributed by atoms with Gasteiger partial charge in [-0.1, -0.05) is 18.2 Å². The van der Waals surface area contributed by atoms with Gasteiger partial charge in [0.15, 0.2) is 5.78 Å². The number of anilines is 1. The van der Waals surface area contributed by atoms with Crippen molar-refractivity contribution in [3.63, 3.8) is 0 Å². The van der Waals surface area contributed by atoms with Crippen molar-refractivity contribution in [1.82, 2.24) is 4.31 Å². The van der Waals surface area contributed by atoms with Crippen molar-refractivity contribution in [2.24, 2.45) is 0 Å². The van der Waals surface area contributed by atoms with Crippen LogP contribution in [0.25, 0.3) is 0 Å². The molecule has 0 unspecified atom stereocenters. The van der Waals surface area contributed by atoms with Crippen LogP contribution < -0.4 is 5.32 Å². The van der Waals surface area contributed by atoms with Crippen LogP contribution in [0.4, 0.5) is 18.9 Å². The van der Waals surface area contributed by atoms with Gasteiger partial charge in [0, 0.05) is 24.3 Å². The van der Waals surface area contributed by atoms with Gasteiger partial charge < -0.3 is 10.1 Å². The van der Waals surface area contributed by atoms with Crippen molar-refractivity contribution in [2.45, 2.75) is 11.1 Å². The summed E-state index contributed by atoms with van der Waals surface area (Å²) in [6, 6.07) is 10.1. The third-order valence-electron chi connectivity index (χ3n) is 4.41. The largest absolute Gasteiger partial charge is 0.416 e. The lowest BCUT2D eigenvalue weighted by molar-refractivity contribution is -0.137. The smallest absolute Gasteiger partial charge is 0.379 e. The standard InChI is InChI=1S/C19H19F3N2O4S/c20-19(21,22)15-4-2-5-16(12-15)23-13-18(25)14-3-1-6-17(11-14)29(26,27)24-7-9-28-10-8-24/h1-6,11-12,23H,7-10,13H2. The Balaban J connectivity index is 1.71. The van der Waals surface area contributed by atoms with Crippen LogP contribution in [-0.2, 0) is 20.9 Å². The molecule has 0 aromatic heterocycles. The van der Waals surface area contributed by atoms with Crippen LogP contribution in [0.1, 0.15) is 15.9 Å². The number of ketones is 1. The summed E-state index contributed by atoms with van der Waals surface area (Å²) in [6.45, 7) is 0.801. The van der Waals surface area contributed by atoms with Crippen molar-refractivity contribution in [3.05, 3.63) is 59.7 Å². The number of hydrogen-bond donors (Lipinski definition) is 1. The van der Waals surface area contributed by atoms with Gasteiger partial charge in [-0.05, 0) is 30.3 Å². The second-order valence-corrected chi connectivity index (χ2v) is 8.34. The molecule has 156 valence electrons. The molecule has 3 rings (SSSR count). The molecule has 1 heterocycles. The topological polar surface area (TPSA) is 75.7 Å². The van der Waals surface area contributed by atoms with E-state index in [1.165, 1.54) is 40.7 Å². The van der Waals surface area contributed by atoms with E-state index in [9.17, 15) is 26.4 Å². The predicted octanol–water partition coefficient (Wildman–Crippen LogP) is 3.02. The molecule has 0 radical (unpaired) electrons. The molecule has 6 nitrogen and oxygen atoms in total. The molecule has 10 heteroatoms. The number of nitrogens with zero attached hydrogens (tertiary/aromatic N) is 1. The average molecular weight is 428 g/mol. The van der Waals surface area contributed by atoms with Crippen LogP contribution in [-0.4, -0.2) is 51.4 Å². The molecule has 1 saturated heterocycles. The first-order valence-corrected chi connectivity index (χ1v) is 10.2. The zero-order chi connectivity index (χ0) is 21.1. The normalized spacial score (nSPS) is 15.8. The minimum Gasteiger partial charge on any atom is -0.379 e. The summed E-state index contributed by atoms with van der Waals surface area (Å²) in [5, 5.41) is 2.65. The van der Waals surface area contributed by atoms with Crippen molar-refractivity contribution >= 4 is 21.5 Å². The Morgan fingerprint density at radius 1 is 1.07 bits per heavy atom. The number of morpholine rings is 1. The number of Topliss-reactive ketones (excluding diaryl/α,β-unsaturated/α-hetero) is 1. The molecule has 29 heavy (non-hydrogen) atoms. The molecule has 0 aliphatic carbocycles. The molecule has 2 aromatic rings. The lowest BCUT2D eigenvalue weighted by Crippen LogP contribution is -2.40. The summed E-state index contributed by atoms with van der Waals surface area (Å²) >= 11 is 0. The fraction of sp³-hybridized carbons (Fsp3) is 0.316. The summed E-state index contributed by atoms with van der Waals surface area (Å²) in [6.07, 6.45) is -4.48. The Morgan fingerprint density at radius 2 is 1.76 bits per heavy atom. The Bertz CT molecular complexity index is 987. The Labute approximate surface area is 166 Å². The van der Waals surface area contributed by atoms with Crippen LogP contribution >= 0.6 is 0 Å². The number of alkyl halides is 3. The van der Waals surface area contributed by atoms with Crippen molar-refractivity contribution in [3.8, 4) is 0 Å². The van der Waals surface area contributed by atoms with Gasteiger partial charge in [-0.15, -0.1) is 0 Å². The minimum atomic E-state index is -4.48. The van der Waals surface area contributed by atoms with Gasteiger partial charge >= 0.3 is 6.18 Å². The number of halogens is 3. The fourth-order valence-corrected chi connectivity index (χ4v) is 4.31. The summed E-state index contributed by atoms with van der Waals surface area (Å²) in [5.41, 5.74) is -0.530. The van der Waals surface area contributed by atoms with Gasteiger partial charge in [0.25, 0.3) is 0 Å². The summed E-state index contributed by atoms with van der Waals surface area (Å²) in [7, 11) is -3.75. The minimum absolute atomic E-state index is 0.00989. The van der Waals surface area contributed by atoms with Crippen LogP contribution in [0.15, 0.2) is 53.4 Å². The molecular weight excluding hydrogens is 409 g/mol. The van der Waals surface area contributed by atoms with Gasteiger partial charge in [0.2, 0.25) is 10.0 Å². The van der Waals surface area contributed by atoms with Crippen molar-refractivity contribution in [1.29, 1.82) is 0 Å². The SMILES string of the molecule is O=C(CNc1cccc(C(F)(F)F)c1)c1cccc(S(=O)(=O)N2CCOCC2)c1. The highest BCUT2D eigenvalue weighted by molar-refractivity contribution is 7.89. The van der Waals surface area contributed by atoms with E-state index in [1.54, 1.807) is 0 Å². The molecule has 1 aliphatic rings. The molecule has 0 saturated carbocycles. The molecule has 1 aliphatic heterocycles. The highest BCUT2D eigenvalue weighted by atomic mass is 32.2. The monoisotopic (exact) mass is 428 g/mol. The first-order chi connectivity index (χ1) is 13.7. The quantitative estimate of drug-likeness (QED) is 0.716. The third kappa shape index (κ3) is 5.14. The number of rotatable bonds is 6. The molecule has 1 N–H and O–H groups in total. The fourth-order valence-electron chi connectivity index (χ4n) is 2.86. The first kappa shape index (κ1) is 21.3. The van der Waals surface area contributed by atoms with Crippen molar-refractivity contribution < 1.29 is 31.1 Å². The second-order valence-electron chi connectivity index (χ2n) is 6.40. The maximum absolute atomic E-state index is 12.8. The molecular formula is C19H19F3N2O4S. The Hall–Kier alpha value is -2.43. The summed E-state index contributed by atoms with van der Waals surface area (Å²) in [4.78, 5) is 12.4. The van der Waals surface area contributed by atoms with E-state index in [1.807, 2.05) is 0 Å². The predicted molar refractivity (Wildman–Crippen MR) is 100 cm³/mol. The van der Waals surface area contributed by atoms with Crippen LogP contribution in [0.5, 0.6) is 0 Å². The number of nitrogens with one attached hydrogen (secondary N) is 1. The molecule has 1 fully saturated rings. The Kier molecular flexibility index (Phi) is 6.25. The van der Waals surface area contributed by atoms with Gasteiger partial charge in [-0.25, -0.2) is 8.42 Å². The highest BCUT2D eigenvalue weighted by Crippen LogP contribution is 2.30. The number of sulfonamides is 1. The summed E-state index contributed by atoms with van der Waals surface area (Å²) in [5.74, 6) is -0.443. The van der Waals surface area contributed by atoms with E-state index in [4.69, 9.17) is 4.74 Å². The van der Waals surface area contributed by atoms with Gasteiger partial charge in [0.05, 0.1) is 30.2 Å². The van der Waals surface area contributed by atoms with E-state index in [-0.39, 0.29) is 35.8 Å². The first-order valence-electron chi connectivity index (χ1n) is 8.80. The Morgan fingerprint density at radius 3 is 2.45 bits per heavy atom. The van der Waals surface area contributed by atoms with E-state index in [0.717, 1.165) is 12.1 Å². The summed E-state index contributed by atoms with van der Waals surface area (Å²) < 4.78 is 70.2. The maximum Gasteiger partial charge on any atom is 0.416 e. The lowest BCUT2D eigenvalue weighted by Gasteiger charge is -2.26. The number of ether oxygens (including phenoxy) is 1. The van der Waals surface area contributed by atoms with Gasteiger partial charge in [-0.2, -0.15) is 17.5 Å². The van der Waals surface area contributed by atoms with Crippen LogP contribution in [0, 0.1) is 0 Å². The average Bonchev–Trinajstić information content (AvgIpc) is 2.72. The maximum atomic E-state index is 12.8. The van der Waals surface area contributed by atoms with E-state index < -0.39 is 27.5 Å². The molecule has 0 atom stereocenters. The van der Waals surface area contributed by atoms with E-state index >= 15 is 0 Å². The molecule has 0 bridgehead atoms. The lowest BCUT2D eigenvalue weighted by atomic mass is 10.1. The zero-order valence-corrected chi connectivity index (χ0v) is 16.1. The molecule has 0 amide bonds.